The highest BCUT2D eigenvalue weighted by Crippen LogP contribution is 2.33. The predicted molar refractivity (Wildman–Crippen MR) is 176 cm³/mol. The Morgan fingerprint density at radius 2 is 1.44 bits per heavy atom. The summed E-state index contributed by atoms with van der Waals surface area (Å²) in [6.07, 6.45) is -3.50. The number of carbonyl (C=O) groups excluding carboxylic acids is 1. The number of thiazole rings is 1. The molecule has 0 unspecified atom stereocenters. The molecular weight excluding hydrogens is 640 g/mol. The van der Waals surface area contributed by atoms with Gasteiger partial charge in [-0.05, 0) is 47.0 Å². The molecule has 11 heteroatoms. The van der Waals surface area contributed by atoms with Crippen LogP contribution in [0.1, 0.15) is 28.3 Å². The van der Waals surface area contributed by atoms with Crippen LogP contribution < -0.4 is 14.8 Å². The molecule has 0 radical (unpaired) electrons. The maximum absolute atomic E-state index is 14.2. The number of halogens is 4. The number of piperazine rings is 1. The number of rotatable bonds is 6. The van der Waals surface area contributed by atoms with Gasteiger partial charge in [0, 0.05) is 26.2 Å². The van der Waals surface area contributed by atoms with Gasteiger partial charge in [-0.25, -0.2) is 4.39 Å². The lowest BCUT2D eigenvalue weighted by Gasteiger charge is -2.39. The molecule has 6 nitrogen and oxygen atoms in total. The molecule has 48 heavy (non-hydrogen) atoms. The molecular formula is C37H28F4N4O2S. The number of aromatic nitrogens is 1. The molecule has 1 saturated heterocycles. The molecule has 1 amide bonds. The lowest BCUT2D eigenvalue weighted by molar-refractivity contribution is -0.137. The molecule has 6 rings (SSSR count). The minimum Gasteiger partial charge on any atom is -0.335 e. The second kappa shape index (κ2) is 13.8. The molecule has 1 fully saturated rings. The van der Waals surface area contributed by atoms with E-state index in [1.165, 1.54) is 47.4 Å². The Labute approximate surface area is 277 Å². The number of benzene rings is 4. The zero-order valence-corrected chi connectivity index (χ0v) is 26.2. The van der Waals surface area contributed by atoms with Gasteiger partial charge in [-0.3, -0.25) is 19.1 Å². The van der Waals surface area contributed by atoms with E-state index >= 15 is 0 Å². The first kappa shape index (κ1) is 32.6. The number of nitriles is 1. The number of alkyl halides is 3. The summed E-state index contributed by atoms with van der Waals surface area (Å²) in [5.41, 5.74) is -0.474. The second-order valence-corrected chi connectivity index (χ2v) is 12.2. The average molecular weight is 669 g/mol. The first-order valence-electron chi connectivity index (χ1n) is 15.1. The fourth-order valence-electron chi connectivity index (χ4n) is 5.94. The molecule has 0 spiro atoms. The van der Waals surface area contributed by atoms with Gasteiger partial charge in [-0.15, -0.1) is 11.3 Å². The summed E-state index contributed by atoms with van der Waals surface area (Å²) in [7, 11) is 0. The quantitative estimate of drug-likeness (QED) is 0.225. The molecule has 1 aliphatic rings. The summed E-state index contributed by atoms with van der Waals surface area (Å²) in [5.74, 6) is -1.26. The molecule has 5 aromatic rings. The largest absolute Gasteiger partial charge is 0.418 e. The van der Waals surface area contributed by atoms with Crippen LogP contribution >= 0.6 is 11.3 Å². The molecule has 1 aromatic heterocycles. The molecule has 0 atom stereocenters. The van der Waals surface area contributed by atoms with Crippen LogP contribution in [0, 0.1) is 17.1 Å². The van der Waals surface area contributed by atoms with Crippen molar-refractivity contribution in [2.45, 2.75) is 12.2 Å². The number of nitrogens with zero attached hydrogens (tertiary/aromatic N) is 4. The van der Waals surface area contributed by atoms with E-state index in [0.29, 0.717) is 30.0 Å². The van der Waals surface area contributed by atoms with Crippen LogP contribution in [0.4, 0.5) is 17.6 Å². The van der Waals surface area contributed by atoms with E-state index < -0.39 is 40.3 Å². The SMILES string of the molecule is N#C/C(C(=O)N1CCN(C(c2ccccc2)c2ccccc2)CC1)=c1/s/c(=C\c2cccc(F)c2)c(=O)n1-c1ccccc1C(F)(F)F. The first-order chi connectivity index (χ1) is 23.2. The van der Waals surface area contributed by atoms with E-state index in [-0.39, 0.29) is 28.3 Å². The third-order valence-electron chi connectivity index (χ3n) is 8.16. The van der Waals surface area contributed by atoms with Gasteiger partial charge in [0.1, 0.15) is 16.5 Å². The van der Waals surface area contributed by atoms with Crippen LogP contribution in [-0.4, -0.2) is 46.5 Å². The van der Waals surface area contributed by atoms with E-state index in [0.717, 1.165) is 27.8 Å². The van der Waals surface area contributed by atoms with Gasteiger partial charge in [-0.1, -0.05) is 84.9 Å². The van der Waals surface area contributed by atoms with Gasteiger partial charge >= 0.3 is 6.18 Å². The van der Waals surface area contributed by atoms with Crippen molar-refractivity contribution < 1.29 is 22.4 Å². The van der Waals surface area contributed by atoms with Crippen molar-refractivity contribution in [3.63, 3.8) is 0 Å². The summed E-state index contributed by atoms with van der Waals surface area (Å²) < 4.78 is 56.9. The Morgan fingerprint density at radius 3 is 2.02 bits per heavy atom. The average Bonchev–Trinajstić information content (AvgIpc) is 3.40. The lowest BCUT2D eigenvalue weighted by atomic mass is 9.96. The minimum atomic E-state index is -4.83. The van der Waals surface area contributed by atoms with Crippen LogP contribution in [0.15, 0.2) is 114 Å². The third-order valence-corrected chi connectivity index (χ3v) is 9.25. The summed E-state index contributed by atoms with van der Waals surface area (Å²) in [4.78, 5) is 31.5. The van der Waals surface area contributed by atoms with E-state index in [1.54, 1.807) is 0 Å². The van der Waals surface area contributed by atoms with Crippen molar-refractivity contribution in [3.05, 3.63) is 157 Å². The van der Waals surface area contributed by atoms with Gasteiger partial charge in [-0.2, -0.15) is 18.4 Å². The van der Waals surface area contributed by atoms with E-state index in [1.807, 2.05) is 66.7 Å². The molecule has 0 saturated carbocycles. The zero-order chi connectivity index (χ0) is 33.8. The van der Waals surface area contributed by atoms with Gasteiger partial charge in [0.05, 0.1) is 21.8 Å². The summed E-state index contributed by atoms with van der Waals surface area (Å²) >= 11 is 0.714. The summed E-state index contributed by atoms with van der Waals surface area (Å²) in [6.45, 7) is 1.42. The van der Waals surface area contributed by atoms with Gasteiger partial charge in [0.2, 0.25) is 0 Å². The molecule has 4 aromatic carbocycles. The normalized spacial score (nSPS) is 15.0. The molecule has 2 heterocycles. The standard InChI is InChI=1S/C37H28F4N4O2S/c38-28-15-9-10-25(22-28)23-32-35(47)45(31-17-8-7-16-30(31)37(39,40)41)36(48-32)29(24-42)34(46)44-20-18-43(19-21-44)33(26-11-3-1-4-12-26)27-13-5-2-6-14-27/h1-17,22-23,33H,18-21H2/b32-23-,36-29-. The summed E-state index contributed by atoms with van der Waals surface area (Å²) in [5, 5.41) is 10.3. The predicted octanol–water partition coefficient (Wildman–Crippen LogP) is 5.49. The maximum atomic E-state index is 14.2. The molecule has 0 bridgehead atoms. The van der Waals surface area contributed by atoms with E-state index in [2.05, 4.69) is 4.90 Å². The molecule has 1 aliphatic heterocycles. The highest BCUT2D eigenvalue weighted by Gasteiger charge is 2.35. The monoisotopic (exact) mass is 668 g/mol. The number of hydrogen-bond acceptors (Lipinski definition) is 5. The van der Waals surface area contributed by atoms with Crippen molar-refractivity contribution in [1.29, 1.82) is 5.26 Å². The lowest BCUT2D eigenvalue weighted by Crippen LogP contribution is -2.50. The Kier molecular flexibility index (Phi) is 9.39. The Balaban J connectivity index is 1.42. The number of hydrogen-bond donors (Lipinski definition) is 0. The van der Waals surface area contributed by atoms with Crippen LogP contribution in [0.2, 0.25) is 0 Å². The number of amides is 1. The first-order valence-corrected chi connectivity index (χ1v) is 15.9. The third kappa shape index (κ3) is 6.72. The van der Waals surface area contributed by atoms with E-state index in [9.17, 15) is 32.4 Å². The van der Waals surface area contributed by atoms with Crippen molar-refractivity contribution in [2.24, 2.45) is 0 Å². The fourth-order valence-corrected chi connectivity index (χ4v) is 7.03. The van der Waals surface area contributed by atoms with Crippen LogP contribution in [0.5, 0.6) is 0 Å². The zero-order valence-electron chi connectivity index (χ0n) is 25.4. The van der Waals surface area contributed by atoms with Gasteiger partial charge in [0.15, 0.2) is 5.57 Å². The Hall–Kier alpha value is -5.31. The van der Waals surface area contributed by atoms with Crippen molar-refractivity contribution in [3.8, 4) is 11.8 Å². The second-order valence-electron chi connectivity index (χ2n) is 11.2. The topological polar surface area (TPSA) is 69.3 Å². The van der Waals surface area contributed by atoms with Crippen LogP contribution in [0.3, 0.4) is 0 Å². The Morgan fingerprint density at radius 1 is 0.833 bits per heavy atom. The fraction of sp³-hybridized carbons (Fsp3) is 0.162. The van der Waals surface area contributed by atoms with Crippen molar-refractivity contribution >= 4 is 28.9 Å². The van der Waals surface area contributed by atoms with E-state index in [4.69, 9.17) is 0 Å². The van der Waals surface area contributed by atoms with Crippen LogP contribution in [-0.2, 0) is 11.0 Å². The number of carbonyl (C=O) groups is 1. The Bertz CT molecular complexity index is 2130. The minimum absolute atomic E-state index is 0.0634. The maximum Gasteiger partial charge on any atom is 0.418 e. The number of para-hydroxylation sites is 1. The highest BCUT2D eigenvalue weighted by atomic mass is 32.1. The smallest absolute Gasteiger partial charge is 0.335 e. The van der Waals surface area contributed by atoms with Gasteiger partial charge < -0.3 is 4.90 Å². The van der Waals surface area contributed by atoms with Crippen molar-refractivity contribution in [2.75, 3.05) is 26.2 Å². The highest BCUT2D eigenvalue weighted by molar-refractivity contribution is 7.07. The van der Waals surface area contributed by atoms with Gasteiger partial charge in [0.25, 0.3) is 11.5 Å². The molecule has 0 aliphatic carbocycles. The van der Waals surface area contributed by atoms with Crippen molar-refractivity contribution in [1.82, 2.24) is 14.4 Å². The summed E-state index contributed by atoms with van der Waals surface area (Å²) in [6, 6.07) is 31.6. The molecule has 242 valence electrons. The molecule has 0 N–H and O–H groups in total. The van der Waals surface area contributed by atoms with Crippen LogP contribution in [0.25, 0.3) is 17.3 Å².